The molecule has 0 amide bonds. The van der Waals surface area contributed by atoms with Gasteiger partial charge in [0.15, 0.2) is 11.9 Å². The molecule has 10 heteroatoms. The Bertz CT molecular complexity index is 596. The number of hydrogen-bond donors (Lipinski definition) is 4. The highest BCUT2D eigenvalue weighted by Gasteiger charge is 2.30. The third-order valence-electron chi connectivity index (χ3n) is 3.74. The molecule has 4 N–H and O–H groups in total. The smallest absolute Gasteiger partial charge is 0.406 e. The summed E-state index contributed by atoms with van der Waals surface area (Å²) in [5.41, 5.74) is 0.413. The lowest BCUT2D eigenvalue weighted by molar-refractivity contribution is -0.274. The fourth-order valence-corrected chi connectivity index (χ4v) is 2.40. The molecule has 1 aromatic carbocycles. The molecule has 0 saturated carbocycles. The van der Waals surface area contributed by atoms with Crippen LogP contribution >= 0.6 is 0 Å². The van der Waals surface area contributed by atoms with Crippen molar-refractivity contribution >= 4 is 17.6 Å². The minimum atomic E-state index is -4.74. The number of guanidine groups is 2. The van der Waals surface area contributed by atoms with Crippen LogP contribution in [0.1, 0.15) is 6.92 Å². The van der Waals surface area contributed by atoms with Gasteiger partial charge in [-0.1, -0.05) is 6.92 Å². The number of ether oxygens (including phenoxy) is 1. The fraction of sp³-hybridized carbons (Fsp3) is 0.467. The number of hydrogen-bond acceptors (Lipinski definition) is 4. The Labute approximate surface area is 143 Å². The lowest BCUT2D eigenvalue weighted by Gasteiger charge is -2.35. The molecule has 0 spiro atoms. The van der Waals surface area contributed by atoms with E-state index in [1.54, 1.807) is 0 Å². The van der Waals surface area contributed by atoms with Gasteiger partial charge < -0.3 is 19.9 Å². The molecular formula is C15H21F3N6O. The van der Waals surface area contributed by atoms with Crippen LogP contribution in [0.4, 0.5) is 18.9 Å². The number of halogens is 3. The van der Waals surface area contributed by atoms with Gasteiger partial charge in [-0.2, -0.15) is 0 Å². The number of nitrogens with one attached hydrogen (secondary N) is 4. The van der Waals surface area contributed by atoms with Crippen molar-refractivity contribution in [3.05, 3.63) is 24.3 Å². The third kappa shape index (κ3) is 6.14. The van der Waals surface area contributed by atoms with Gasteiger partial charge in [0, 0.05) is 31.9 Å². The normalized spacial score (nSPS) is 15.6. The summed E-state index contributed by atoms with van der Waals surface area (Å²) in [7, 11) is 0. The van der Waals surface area contributed by atoms with Gasteiger partial charge >= 0.3 is 6.36 Å². The molecule has 1 aliphatic heterocycles. The first-order valence-electron chi connectivity index (χ1n) is 7.81. The molecule has 0 atom stereocenters. The quantitative estimate of drug-likeness (QED) is 0.491. The first-order chi connectivity index (χ1) is 11.8. The van der Waals surface area contributed by atoms with Crippen LogP contribution in [-0.4, -0.2) is 60.8 Å². The maximum absolute atomic E-state index is 12.1. The molecule has 1 saturated heterocycles. The van der Waals surface area contributed by atoms with E-state index in [1.165, 1.54) is 12.1 Å². The molecule has 7 nitrogen and oxygen atoms in total. The van der Waals surface area contributed by atoms with Crippen molar-refractivity contribution in [2.75, 3.05) is 38.0 Å². The standard InChI is InChI=1S/C15H21F3N6O/c1-2-23-7-9-24(10-8-23)14(20)22-13(19)21-11-3-5-12(6-4-11)25-15(16,17)18/h3-6H,2,7-10H2,1H3,(H4,19,20,21,22). The molecular weight excluding hydrogens is 337 g/mol. The maximum atomic E-state index is 12.1. The van der Waals surface area contributed by atoms with Gasteiger partial charge in [-0.3, -0.25) is 16.1 Å². The second-order valence-corrected chi connectivity index (χ2v) is 5.47. The molecule has 1 aromatic rings. The predicted molar refractivity (Wildman–Crippen MR) is 89.0 cm³/mol. The molecule has 2 rings (SSSR count). The van der Waals surface area contributed by atoms with Gasteiger partial charge in [-0.05, 0) is 30.8 Å². The van der Waals surface area contributed by atoms with Crippen molar-refractivity contribution in [3.8, 4) is 5.75 Å². The first kappa shape index (κ1) is 18.8. The first-order valence-corrected chi connectivity index (χ1v) is 7.81. The summed E-state index contributed by atoms with van der Waals surface area (Å²) in [6, 6.07) is 5.03. The average Bonchev–Trinajstić information content (AvgIpc) is 2.55. The SMILES string of the molecule is CCN1CCN(C(=N)NC(=N)Nc2ccc(OC(F)(F)F)cc2)CC1. The Morgan fingerprint density at radius 3 is 2.24 bits per heavy atom. The van der Waals surface area contributed by atoms with E-state index in [1.807, 2.05) is 4.90 Å². The largest absolute Gasteiger partial charge is 0.573 e. The number of alkyl halides is 3. The van der Waals surface area contributed by atoms with Gasteiger partial charge in [0.2, 0.25) is 0 Å². The number of benzene rings is 1. The minimum absolute atomic E-state index is 0.116. The zero-order chi connectivity index (χ0) is 18.4. The third-order valence-corrected chi connectivity index (χ3v) is 3.74. The Morgan fingerprint density at radius 1 is 1.12 bits per heavy atom. The van der Waals surface area contributed by atoms with E-state index < -0.39 is 6.36 Å². The van der Waals surface area contributed by atoms with Crippen molar-refractivity contribution in [1.29, 1.82) is 10.8 Å². The molecule has 0 aromatic heterocycles. The Hall–Kier alpha value is -2.49. The number of piperazine rings is 1. The van der Waals surface area contributed by atoms with E-state index in [0.29, 0.717) is 18.8 Å². The molecule has 25 heavy (non-hydrogen) atoms. The predicted octanol–water partition coefficient (Wildman–Crippen LogP) is 2.09. The molecule has 1 heterocycles. The number of rotatable bonds is 3. The lowest BCUT2D eigenvalue weighted by Crippen LogP contribution is -2.53. The topological polar surface area (TPSA) is 87.5 Å². The lowest BCUT2D eigenvalue weighted by atomic mass is 10.3. The van der Waals surface area contributed by atoms with E-state index in [-0.39, 0.29) is 17.7 Å². The van der Waals surface area contributed by atoms with Crippen molar-refractivity contribution in [1.82, 2.24) is 15.1 Å². The second kappa shape index (κ2) is 8.06. The zero-order valence-corrected chi connectivity index (χ0v) is 13.8. The van der Waals surface area contributed by atoms with E-state index in [9.17, 15) is 13.2 Å². The van der Waals surface area contributed by atoms with Crippen LogP contribution in [0.25, 0.3) is 0 Å². The highest BCUT2D eigenvalue weighted by atomic mass is 19.4. The van der Waals surface area contributed by atoms with Gasteiger partial charge in [0.25, 0.3) is 0 Å². The van der Waals surface area contributed by atoms with Gasteiger partial charge in [0.1, 0.15) is 5.75 Å². The van der Waals surface area contributed by atoms with Crippen LogP contribution < -0.4 is 15.4 Å². The van der Waals surface area contributed by atoms with Gasteiger partial charge in [-0.25, -0.2) is 0 Å². The molecule has 138 valence electrons. The van der Waals surface area contributed by atoms with Gasteiger partial charge in [-0.15, -0.1) is 13.2 Å². The number of nitrogens with zero attached hydrogens (tertiary/aromatic N) is 2. The van der Waals surface area contributed by atoms with Crippen molar-refractivity contribution < 1.29 is 17.9 Å². The molecule has 0 unspecified atom stereocenters. The van der Waals surface area contributed by atoms with Crippen molar-refractivity contribution in [2.24, 2.45) is 0 Å². The summed E-state index contributed by atoms with van der Waals surface area (Å²) in [5.74, 6) is -0.350. The molecule has 0 aliphatic carbocycles. The number of anilines is 1. The van der Waals surface area contributed by atoms with E-state index in [0.717, 1.165) is 31.8 Å². The van der Waals surface area contributed by atoms with E-state index in [4.69, 9.17) is 10.8 Å². The molecule has 0 bridgehead atoms. The Kier molecular flexibility index (Phi) is 6.07. The summed E-state index contributed by atoms with van der Waals surface area (Å²) >= 11 is 0. The van der Waals surface area contributed by atoms with Crippen LogP contribution in [0.5, 0.6) is 5.75 Å². The summed E-state index contributed by atoms with van der Waals surface area (Å²) < 4.78 is 40.1. The van der Waals surface area contributed by atoms with Crippen LogP contribution in [0.2, 0.25) is 0 Å². The Morgan fingerprint density at radius 2 is 1.72 bits per heavy atom. The van der Waals surface area contributed by atoms with Gasteiger partial charge in [0.05, 0.1) is 0 Å². The van der Waals surface area contributed by atoms with E-state index in [2.05, 4.69) is 27.2 Å². The summed E-state index contributed by atoms with van der Waals surface area (Å²) in [4.78, 5) is 4.11. The Balaban J connectivity index is 1.81. The maximum Gasteiger partial charge on any atom is 0.573 e. The molecule has 1 aliphatic rings. The summed E-state index contributed by atoms with van der Waals surface area (Å²) in [5, 5.41) is 21.2. The fourth-order valence-electron chi connectivity index (χ4n) is 2.40. The van der Waals surface area contributed by atoms with Crippen LogP contribution in [0.15, 0.2) is 24.3 Å². The molecule has 0 radical (unpaired) electrons. The average molecular weight is 358 g/mol. The van der Waals surface area contributed by atoms with Crippen LogP contribution in [0.3, 0.4) is 0 Å². The highest BCUT2D eigenvalue weighted by molar-refractivity contribution is 6.02. The zero-order valence-electron chi connectivity index (χ0n) is 13.8. The van der Waals surface area contributed by atoms with Crippen molar-refractivity contribution in [2.45, 2.75) is 13.3 Å². The monoisotopic (exact) mass is 358 g/mol. The molecule has 1 fully saturated rings. The number of likely N-dealkylation sites (N-methyl/N-ethyl adjacent to an activating group) is 1. The minimum Gasteiger partial charge on any atom is -0.406 e. The summed E-state index contributed by atoms with van der Waals surface area (Å²) in [6.45, 7) is 6.20. The summed E-state index contributed by atoms with van der Waals surface area (Å²) in [6.07, 6.45) is -4.74. The van der Waals surface area contributed by atoms with Crippen molar-refractivity contribution in [3.63, 3.8) is 0 Å². The second-order valence-electron chi connectivity index (χ2n) is 5.47. The van der Waals surface area contributed by atoms with Crippen LogP contribution in [0, 0.1) is 10.8 Å². The van der Waals surface area contributed by atoms with Crippen LogP contribution in [-0.2, 0) is 0 Å². The van der Waals surface area contributed by atoms with E-state index >= 15 is 0 Å². The highest BCUT2D eigenvalue weighted by Crippen LogP contribution is 2.23.